The van der Waals surface area contributed by atoms with Gasteiger partial charge in [-0.05, 0) is 32.0 Å². The second-order valence-electron chi connectivity index (χ2n) is 4.33. The molecule has 0 unspecified atom stereocenters. The normalized spacial score (nSPS) is 11.5. The molecule has 88 valence electrons. The summed E-state index contributed by atoms with van der Waals surface area (Å²) in [7, 11) is 0. The third-order valence-electron chi connectivity index (χ3n) is 2.34. The van der Waals surface area contributed by atoms with Gasteiger partial charge in [-0.1, -0.05) is 28.1 Å². The molecule has 1 heterocycles. The van der Waals surface area contributed by atoms with E-state index in [9.17, 15) is 5.11 Å². The van der Waals surface area contributed by atoms with Crippen LogP contribution in [0.25, 0.3) is 11.3 Å². The fourth-order valence-corrected chi connectivity index (χ4v) is 1.70. The Bertz CT molecular complexity index is 518. The summed E-state index contributed by atoms with van der Waals surface area (Å²) >= 11 is 3.39. The van der Waals surface area contributed by atoms with Gasteiger partial charge in [0.1, 0.15) is 5.60 Å². The predicted octanol–water partition coefficient (Wildman–Crippen LogP) is 3.13. The Balaban J connectivity index is 2.43. The zero-order valence-corrected chi connectivity index (χ0v) is 11.3. The van der Waals surface area contributed by atoms with E-state index >= 15 is 0 Å². The van der Waals surface area contributed by atoms with Crippen molar-refractivity contribution in [1.82, 2.24) is 9.97 Å². The average molecular weight is 293 g/mol. The molecule has 2 aromatic rings. The van der Waals surface area contributed by atoms with Crippen LogP contribution in [0.4, 0.5) is 0 Å². The first-order chi connectivity index (χ1) is 7.97. The van der Waals surface area contributed by atoms with Crippen molar-refractivity contribution in [3.05, 3.63) is 46.8 Å². The van der Waals surface area contributed by atoms with E-state index in [1.807, 2.05) is 30.3 Å². The number of hydrogen-bond donors (Lipinski definition) is 1. The first-order valence-electron chi connectivity index (χ1n) is 5.28. The zero-order chi connectivity index (χ0) is 12.5. The molecule has 1 aromatic heterocycles. The van der Waals surface area contributed by atoms with Crippen LogP contribution in [0.5, 0.6) is 0 Å². The lowest BCUT2D eigenvalue weighted by Crippen LogP contribution is -2.19. The van der Waals surface area contributed by atoms with E-state index < -0.39 is 5.60 Å². The smallest absolute Gasteiger partial charge is 0.159 e. The third kappa shape index (κ3) is 2.90. The number of benzene rings is 1. The lowest BCUT2D eigenvalue weighted by atomic mass is 10.1. The fraction of sp³-hybridized carbons (Fsp3) is 0.231. The van der Waals surface area contributed by atoms with Gasteiger partial charge in [-0.15, -0.1) is 0 Å². The zero-order valence-electron chi connectivity index (χ0n) is 9.68. The Kier molecular flexibility index (Phi) is 3.26. The number of aromatic nitrogens is 2. The topological polar surface area (TPSA) is 46.0 Å². The molecule has 0 spiro atoms. The van der Waals surface area contributed by atoms with Gasteiger partial charge in [-0.3, -0.25) is 0 Å². The third-order valence-corrected chi connectivity index (χ3v) is 2.87. The molecular weight excluding hydrogens is 280 g/mol. The molecule has 2 rings (SSSR count). The van der Waals surface area contributed by atoms with Crippen LogP contribution >= 0.6 is 15.9 Å². The molecule has 0 aliphatic carbocycles. The van der Waals surface area contributed by atoms with Crippen molar-refractivity contribution < 1.29 is 5.11 Å². The maximum Gasteiger partial charge on any atom is 0.159 e. The molecule has 17 heavy (non-hydrogen) atoms. The molecule has 0 amide bonds. The van der Waals surface area contributed by atoms with Crippen molar-refractivity contribution in [2.75, 3.05) is 0 Å². The first kappa shape index (κ1) is 12.2. The summed E-state index contributed by atoms with van der Waals surface area (Å²) in [5.74, 6) is 0.429. The average Bonchev–Trinajstić information content (AvgIpc) is 2.29. The minimum absolute atomic E-state index is 0.429. The van der Waals surface area contributed by atoms with Crippen LogP contribution in [0.2, 0.25) is 0 Å². The highest BCUT2D eigenvalue weighted by Gasteiger charge is 2.19. The molecule has 1 aromatic carbocycles. The largest absolute Gasteiger partial charge is 0.382 e. The lowest BCUT2D eigenvalue weighted by Gasteiger charge is -2.15. The van der Waals surface area contributed by atoms with Crippen molar-refractivity contribution in [3.63, 3.8) is 0 Å². The molecule has 0 atom stereocenters. The van der Waals surface area contributed by atoms with Gasteiger partial charge in [0.15, 0.2) is 5.82 Å². The molecule has 3 nitrogen and oxygen atoms in total. The molecular formula is C13H13BrN2O. The summed E-state index contributed by atoms with van der Waals surface area (Å²) in [6.45, 7) is 3.35. The molecule has 0 radical (unpaired) electrons. The number of hydrogen-bond acceptors (Lipinski definition) is 3. The van der Waals surface area contributed by atoms with Gasteiger partial charge in [-0.2, -0.15) is 0 Å². The van der Waals surface area contributed by atoms with Crippen molar-refractivity contribution in [1.29, 1.82) is 0 Å². The van der Waals surface area contributed by atoms with Crippen molar-refractivity contribution in [3.8, 4) is 11.3 Å². The maximum atomic E-state index is 9.87. The SMILES string of the molecule is CC(C)(O)c1nccc(-c2ccc(Br)cc2)n1. The minimum Gasteiger partial charge on any atom is -0.382 e. The quantitative estimate of drug-likeness (QED) is 0.925. The molecule has 0 aliphatic heterocycles. The molecule has 0 fully saturated rings. The molecule has 1 N–H and O–H groups in total. The second-order valence-corrected chi connectivity index (χ2v) is 5.25. The predicted molar refractivity (Wildman–Crippen MR) is 70.4 cm³/mol. The van der Waals surface area contributed by atoms with E-state index in [0.29, 0.717) is 5.82 Å². The van der Waals surface area contributed by atoms with Crippen molar-refractivity contribution in [2.45, 2.75) is 19.4 Å². The van der Waals surface area contributed by atoms with Crippen LogP contribution in [-0.2, 0) is 5.60 Å². The standard InChI is InChI=1S/C13H13BrN2O/c1-13(2,17)12-15-8-7-11(16-12)9-3-5-10(14)6-4-9/h3-8,17H,1-2H3. The summed E-state index contributed by atoms with van der Waals surface area (Å²) in [6.07, 6.45) is 1.66. The molecule has 0 saturated carbocycles. The molecule has 0 saturated heterocycles. The van der Waals surface area contributed by atoms with Crippen molar-refractivity contribution in [2.24, 2.45) is 0 Å². The molecule has 0 aliphatic rings. The van der Waals surface area contributed by atoms with Crippen molar-refractivity contribution >= 4 is 15.9 Å². The first-order valence-corrected chi connectivity index (χ1v) is 6.08. The fourth-order valence-electron chi connectivity index (χ4n) is 1.43. The monoisotopic (exact) mass is 292 g/mol. The van der Waals surface area contributed by atoms with Crippen LogP contribution in [0.1, 0.15) is 19.7 Å². The summed E-state index contributed by atoms with van der Waals surface area (Å²) in [4.78, 5) is 8.45. The Morgan fingerprint density at radius 3 is 2.35 bits per heavy atom. The second kappa shape index (κ2) is 4.55. The van der Waals surface area contributed by atoms with E-state index in [1.165, 1.54) is 0 Å². The molecule has 0 bridgehead atoms. The van der Waals surface area contributed by atoms with Crippen LogP contribution in [0.3, 0.4) is 0 Å². The number of nitrogens with zero attached hydrogens (tertiary/aromatic N) is 2. The summed E-state index contributed by atoms with van der Waals surface area (Å²) in [5, 5.41) is 9.87. The summed E-state index contributed by atoms with van der Waals surface area (Å²) in [5.41, 5.74) is 0.788. The highest BCUT2D eigenvalue weighted by molar-refractivity contribution is 9.10. The number of aliphatic hydroxyl groups is 1. The van der Waals surface area contributed by atoms with Gasteiger partial charge in [-0.25, -0.2) is 9.97 Å². The van der Waals surface area contributed by atoms with E-state index in [-0.39, 0.29) is 0 Å². The van der Waals surface area contributed by atoms with Gasteiger partial charge >= 0.3 is 0 Å². The maximum absolute atomic E-state index is 9.87. The lowest BCUT2D eigenvalue weighted by molar-refractivity contribution is 0.0688. The van der Waals surface area contributed by atoms with E-state index in [0.717, 1.165) is 15.7 Å². The van der Waals surface area contributed by atoms with E-state index in [1.54, 1.807) is 20.0 Å². The van der Waals surface area contributed by atoms with Gasteiger partial charge in [0, 0.05) is 16.2 Å². The summed E-state index contributed by atoms with van der Waals surface area (Å²) in [6, 6.07) is 9.70. The Morgan fingerprint density at radius 1 is 1.12 bits per heavy atom. The van der Waals surface area contributed by atoms with Crippen LogP contribution in [0.15, 0.2) is 41.0 Å². The summed E-state index contributed by atoms with van der Waals surface area (Å²) < 4.78 is 1.03. The van der Waals surface area contributed by atoms with Crippen LogP contribution in [-0.4, -0.2) is 15.1 Å². The Labute approximate surface area is 109 Å². The highest BCUT2D eigenvalue weighted by atomic mass is 79.9. The van der Waals surface area contributed by atoms with Gasteiger partial charge in [0.25, 0.3) is 0 Å². The Morgan fingerprint density at radius 2 is 1.76 bits per heavy atom. The van der Waals surface area contributed by atoms with Crippen LogP contribution in [0, 0.1) is 0 Å². The minimum atomic E-state index is -1.02. The van der Waals surface area contributed by atoms with Gasteiger partial charge in [0.05, 0.1) is 5.69 Å². The van der Waals surface area contributed by atoms with Gasteiger partial charge < -0.3 is 5.11 Å². The Hall–Kier alpha value is -1.26. The van der Waals surface area contributed by atoms with Crippen LogP contribution < -0.4 is 0 Å². The number of rotatable bonds is 2. The number of halogens is 1. The highest BCUT2D eigenvalue weighted by Crippen LogP contribution is 2.22. The van der Waals surface area contributed by atoms with E-state index in [4.69, 9.17) is 0 Å². The molecule has 4 heteroatoms. The van der Waals surface area contributed by atoms with E-state index in [2.05, 4.69) is 25.9 Å². The van der Waals surface area contributed by atoms with Gasteiger partial charge in [0.2, 0.25) is 0 Å².